The predicted octanol–water partition coefficient (Wildman–Crippen LogP) is 1.84. The highest BCUT2D eigenvalue weighted by atomic mass is 35.5. The van der Waals surface area contributed by atoms with Gasteiger partial charge in [0, 0.05) is 6.07 Å². The van der Waals surface area contributed by atoms with E-state index in [1.165, 1.54) is 19.2 Å². The molecule has 0 spiro atoms. The smallest absolute Gasteiger partial charge is 0.293 e. The van der Waals surface area contributed by atoms with E-state index in [2.05, 4.69) is 0 Å². The van der Waals surface area contributed by atoms with E-state index >= 15 is 0 Å². The summed E-state index contributed by atoms with van der Waals surface area (Å²) in [6, 6.07) is 2.65. The van der Waals surface area contributed by atoms with Gasteiger partial charge in [-0.3, -0.25) is 10.1 Å². The molecule has 0 amide bonds. The minimum absolute atomic E-state index is 0.0664. The van der Waals surface area contributed by atoms with Gasteiger partial charge in [0.15, 0.2) is 0 Å². The highest BCUT2D eigenvalue weighted by molar-refractivity contribution is 6.35. The van der Waals surface area contributed by atoms with Gasteiger partial charge in [-0.2, -0.15) is 0 Å². The van der Waals surface area contributed by atoms with Crippen LogP contribution in [0.5, 0.6) is 5.75 Å². The van der Waals surface area contributed by atoms with Crippen molar-refractivity contribution >= 4 is 23.0 Å². The molecule has 1 aromatic carbocycles. The van der Waals surface area contributed by atoms with Crippen LogP contribution >= 0.6 is 11.6 Å². The summed E-state index contributed by atoms with van der Waals surface area (Å²) >= 11 is 5.69. The van der Waals surface area contributed by atoms with Crippen molar-refractivity contribution in [3.63, 3.8) is 0 Å². The van der Waals surface area contributed by atoms with Crippen molar-refractivity contribution in [1.82, 2.24) is 0 Å². The average molecular weight is 203 g/mol. The van der Waals surface area contributed by atoms with Crippen LogP contribution in [0.25, 0.3) is 0 Å². The third-order valence-electron chi connectivity index (χ3n) is 1.54. The number of methoxy groups -OCH3 is 1. The second-order valence-electron chi connectivity index (χ2n) is 2.27. The summed E-state index contributed by atoms with van der Waals surface area (Å²) in [4.78, 5) is 9.80. The van der Waals surface area contributed by atoms with Crippen LogP contribution < -0.4 is 10.5 Å². The third kappa shape index (κ3) is 1.65. The first-order valence-corrected chi connectivity index (χ1v) is 3.72. The van der Waals surface area contributed by atoms with Gasteiger partial charge in [0.1, 0.15) is 16.5 Å². The highest BCUT2D eigenvalue weighted by Gasteiger charge is 2.16. The summed E-state index contributed by atoms with van der Waals surface area (Å²) in [5.74, 6) is 0.324. The number of hydrogen-bond donors (Lipinski definition) is 1. The molecule has 1 aromatic rings. The Morgan fingerprint density at radius 1 is 1.62 bits per heavy atom. The van der Waals surface area contributed by atoms with Gasteiger partial charge in [0.25, 0.3) is 5.69 Å². The number of nitro groups is 1. The van der Waals surface area contributed by atoms with Crippen LogP contribution in [0.3, 0.4) is 0 Å². The first-order chi connectivity index (χ1) is 6.07. The largest absolute Gasteiger partial charge is 0.495 e. The van der Waals surface area contributed by atoms with E-state index in [1.54, 1.807) is 0 Å². The summed E-state index contributed by atoms with van der Waals surface area (Å²) in [6.07, 6.45) is 0. The second-order valence-corrected chi connectivity index (χ2v) is 2.65. The molecule has 13 heavy (non-hydrogen) atoms. The third-order valence-corrected chi connectivity index (χ3v) is 1.93. The summed E-state index contributed by atoms with van der Waals surface area (Å²) < 4.78 is 4.83. The Bertz CT molecular complexity index is 354. The molecule has 0 saturated heterocycles. The van der Waals surface area contributed by atoms with Gasteiger partial charge in [-0.1, -0.05) is 11.6 Å². The molecule has 0 saturated carbocycles. The zero-order valence-corrected chi connectivity index (χ0v) is 7.54. The molecule has 0 aliphatic rings. The lowest BCUT2D eigenvalue weighted by Crippen LogP contribution is -1.97. The van der Waals surface area contributed by atoms with Crippen molar-refractivity contribution in [2.24, 2.45) is 0 Å². The molecular formula is C7H7ClN2O3. The van der Waals surface area contributed by atoms with E-state index in [4.69, 9.17) is 22.1 Å². The van der Waals surface area contributed by atoms with E-state index < -0.39 is 4.92 Å². The molecule has 0 atom stereocenters. The van der Waals surface area contributed by atoms with Crippen LogP contribution in [0.2, 0.25) is 5.02 Å². The molecular weight excluding hydrogens is 196 g/mol. The SMILES string of the molecule is COc1ccc([N+](=O)[O-])c(N)c1Cl. The number of hydrogen-bond acceptors (Lipinski definition) is 4. The number of rotatable bonds is 2. The lowest BCUT2D eigenvalue weighted by atomic mass is 10.2. The van der Waals surface area contributed by atoms with E-state index in [0.717, 1.165) is 0 Å². The number of ether oxygens (including phenoxy) is 1. The van der Waals surface area contributed by atoms with Gasteiger partial charge in [0.05, 0.1) is 12.0 Å². The second kappa shape index (κ2) is 3.49. The normalized spacial score (nSPS) is 9.69. The Morgan fingerprint density at radius 3 is 2.69 bits per heavy atom. The Hall–Kier alpha value is -1.49. The minimum Gasteiger partial charge on any atom is -0.495 e. The van der Waals surface area contributed by atoms with Crippen LogP contribution in [-0.2, 0) is 0 Å². The van der Waals surface area contributed by atoms with Crippen molar-refractivity contribution in [2.75, 3.05) is 12.8 Å². The molecule has 0 heterocycles. The number of nitrogens with two attached hydrogens (primary N) is 1. The van der Waals surface area contributed by atoms with Crippen molar-refractivity contribution in [1.29, 1.82) is 0 Å². The van der Waals surface area contributed by atoms with Crippen LogP contribution in [0.1, 0.15) is 0 Å². The van der Waals surface area contributed by atoms with Gasteiger partial charge < -0.3 is 10.5 Å². The van der Waals surface area contributed by atoms with Gasteiger partial charge in [0.2, 0.25) is 0 Å². The Morgan fingerprint density at radius 2 is 2.23 bits per heavy atom. The Labute approximate surface area is 79.2 Å². The van der Waals surface area contributed by atoms with E-state index in [-0.39, 0.29) is 16.4 Å². The first-order valence-electron chi connectivity index (χ1n) is 3.34. The van der Waals surface area contributed by atoms with Crippen molar-refractivity contribution < 1.29 is 9.66 Å². The number of benzene rings is 1. The molecule has 0 unspecified atom stereocenters. The van der Waals surface area contributed by atoms with E-state index in [1.807, 2.05) is 0 Å². The predicted molar refractivity (Wildman–Crippen MR) is 49.1 cm³/mol. The van der Waals surface area contributed by atoms with Crippen LogP contribution in [0, 0.1) is 10.1 Å². The number of nitro benzene ring substituents is 1. The van der Waals surface area contributed by atoms with Crippen LogP contribution in [0.15, 0.2) is 12.1 Å². The maximum Gasteiger partial charge on any atom is 0.293 e. The topological polar surface area (TPSA) is 78.4 Å². The first kappa shape index (κ1) is 9.60. The lowest BCUT2D eigenvalue weighted by molar-refractivity contribution is -0.383. The summed E-state index contributed by atoms with van der Waals surface area (Å²) in [6.45, 7) is 0. The van der Waals surface area contributed by atoms with E-state index in [0.29, 0.717) is 5.75 Å². The monoisotopic (exact) mass is 202 g/mol. The number of nitrogens with zero attached hydrogens (tertiary/aromatic N) is 1. The summed E-state index contributed by atoms with van der Waals surface area (Å²) in [5, 5.41) is 10.5. The maximum atomic E-state index is 10.4. The number of anilines is 1. The van der Waals surface area contributed by atoms with Crippen LogP contribution in [0.4, 0.5) is 11.4 Å². The number of nitrogen functional groups attached to an aromatic ring is 1. The molecule has 0 aliphatic carbocycles. The summed E-state index contributed by atoms with van der Waals surface area (Å²) in [5.41, 5.74) is 5.11. The average Bonchev–Trinajstić information content (AvgIpc) is 2.09. The van der Waals surface area contributed by atoms with Crippen molar-refractivity contribution in [2.45, 2.75) is 0 Å². The molecule has 0 radical (unpaired) electrons. The fraction of sp³-hybridized carbons (Fsp3) is 0.143. The van der Waals surface area contributed by atoms with Crippen molar-refractivity contribution in [3.8, 4) is 5.75 Å². The van der Waals surface area contributed by atoms with Gasteiger partial charge in [-0.25, -0.2) is 0 Å². The molecule has 70 valence electrons. The fourth-order valence-corrected chi connectivity index (χ4v) is 1.12. The molecule has 0 aliphatic heterocycles. The lowest BCUT2D eigenvalue weighted by Gasteiger charge is -2.04. The molecule has 1 rings (SSSR count). The van der Waals surface area contributed by atoms with Gasteiger partial charge in [-0.05, 0) is 6.07 Å². The van der Waals surface area contributed by atoms with E-state index in [9.17, 15) is 10.1 Å². The molecule has 0 fully saturated rings. The molecule has 5 nitrogen and oxygen atoms in total. The molecule has 0 aromatic heterocycles. The fourth-order valence-electron chi connectivity index (χ4n) is 0.880. The van der Waals surface area contributed by atoms with Crippen molar-refractivity contribution in [3.05, 3.63) is 27.3 Å². The van der Waals surface area contributed by atoms with Gasteiger partial charge in [-0.15, -0.1) is 0 Å². The van der Waals surface area contributed by atoms with Crippen LogP contribution in [-0.4, -0.2) is 12.0 Å². The molecule has 6 heteroatoms. The zero-order valence-electron chi connectivity index (χ0n) is 6.78. The Kier molecular flexibility index (Phi) is 2.57. The highest BCUT2D eigenvalue weighted by Crippen LogP contribution is 2.36. The zero-order chi connectivity index (χ0) is 10.0. The quantitative estimate of drug-likeness (QED) is 0.451. The summed E-state index contributed by atoms with van der Waals surface area (Å²) in [7, 11) is 1.41. The Balaban J connectivity index is 3.31. The number of halogens is 1. The molecule has 0 bridgehead atoms. The van der Waals surface area contributed by atoms with Gasteiger partial charge >= 0.3 is 0 Å². The maximum absolute atomic E-state index is 10.4. The molecule has 2 N–H and O–H groups in total. The standard InChI is InChI=1S/C7H7ClN2O3/c1-13-5-3-2-4(10(11)12)7(9)6(5)8/h2-3H,9H2,1H3. The minimum atomic E-state index is -0.597.